The molecule has 7 nitrogen and oxygen atoms in total. The van der Waals surface area contributed by atoms with Gasteiger partial charge in [-0.2, -0.15) is 0 Å². The van der Waals surface area contributed by atoms with Crippen LogP contribution >= 0.6 is 0 Å². The molecule has 0 spiro atoms. The first-order valence-electron chi connectivity index (χ1n) is 12.3. The van der Waals surface area contributed by atoms with E-state index in [0.29, 0.717) is 37.2 Å². The molecule has 1 fully saturated rings. The highest BCUT2D eigenvalue weighted by Crippen LogP contribution is 2.17. The zero-order valence-corrected chi connectivity index (χ0v) is 21.0. The lowest BCUT2D eigenvalue weighted by atomic mass is 10.0. The average molecular weight is 466 g/mol. The number of carbonyl (C=O) groups is 2. The van der Waals surface area contributed by atoms with E-state index in [1.165, 1.54) is 0 Å². The summed E-state index contributed by atoms with van der Waals surface area (Å²) in [6, 6.07) is 17.3. The SMILES string of the molecule is CCN(C(=O)Cc1ccc(NC(=O)NCC(C(C)C)N2CCN(C)CC2)cc1)c1ccccc1. The summed E-state index contributed by atoms with van der Waals surface area (Å²) < 4.78 is 0. The van der Waals surface area contributed by atoms with Crippen molar-refractivity contribution < 1.29 is 9.59 Å². The third-order valence-corrected chi connectivity index (χ3v) is 6.50. The van der Waals surface area contributed by atoms with Gasteiger partial charge < -0.3 is 20.4 Å². The number of urea groups is 1. The summed E-state index contributed by atoms with van der Waals surface area (Å²) in [7, 11) is 2.15. The first-order valence-corrected chi connectivity index (χ1v) is 12.3. The van der Waals surface area contributed by atoms with Crippen molar-refractivity contribution in [1.82, 2.24) is 15.1 Å². The fourth-order valence-electron chi connectivity index (χ4n) is 4.40. The van der Waals surface area contributed by atoms with Gasteiger partial charge in [0.05, 0.1) is 6.42 Å². The molecule has 0 aliphatic carbocycles. The van der Waals surface area contributed by atoms with Gasteiger partial charge in [-0.1, -0.05) is 44.2 Å². The quantitative estimate of drug-likeness (QED) is 0.593. The molecule has 0 saturated carbocycles. The summed E-state index contributed by atoms with van der Waals surface area (Å²) in [5.74, 6) is 0.509. The number of amides is 3. The van der Waals surface area contributed by atoms with E-state index >= 15 is 0 Å². The minimum Gasteiger partial charge on any atom is -0.336 e. The van der Waals surface area contributed by atoms with Crippen molar-refractivity contribution in [1.29, 1.82) is 0 Å². The fraction of sp³-hybridized carbons (Fsp3) is 0.481. The lowest BCUT2D eigenvalue weighted by Gasteiger charge is -2.39. The van der Waals surface area contributed by atoms with Crippen molar-refractivity contribution in [3.05, 3.63) is 60.2 Å². The largest absolute Gasteiger partial charge is 0.336 e. The Morgan fingerprint density at radius 1 is 0.971 bits per heavy atom. The molecule has 3 rings (SSSR count). The molecule has 0 aromatic heterocycles. The number of carbonyl (C=O) groups excluding carboxylic acids is 2. The van der Waals surface area contributed by atoms with Crippen LogP contribution in [0.4, 0.5) is 16.2 Å². The number of anilines is 2. The molecule has 1 heterocycles. The van der Waals surface area contributed by atoms with Crippen LogP contribution in [0.5, 0.6) is 0 Å². The van der Waals surface area contributed by atoms with E-state index in [2.05, 4.69) is 41.3 Å². The average Bonchev–Trinajstić information content (AvgIpc) is 2.82. The maximum Gasteiger partial charge on any atom is 0.319 e. The van der Waals surface area contributed by atoms with Crippen LogP contribution in [0.15, 0.2) is 54.6 Å². The molecule has 184 valence electrons. The summed E-state index contributed by atoms with van der Waals surface area (Å²) in [4.78, 5) is 31.9. The summed E-state index contributed by atoms with van der Waals surface area (Å²) in [6.07, 6.45) is 0.316. The fourth-order valence-corrected chi connectivity index (χ4v) is 4.40. The molecule has 2 aromatic rings. The van der Waals surface area contributed by atoms with E-state index < -0.39 is 0 Å². The van der Waals surface area contributed by atoms with Crippen molar-refractivity contribution in [3.8, 4) is 0 Å². The third kappa shape index (κ3) is 7.30. The second-order valence-corrected chi connectivity index (χ2v) is 9.33. The normalized spacial score (nSPS) is 15.7. The summed E-state index contributed by atoms with van der Waals surface area (Å²) in [6.45, 7) is 11.8. The van der Waals surface area contributed by atoms with Crippen molar-refractivity contribution in [2.45, 2.75) is 33.2 Å². The van der Waals surface area contributed by atoms with Crippen LogP contribution in [0.1, 0.15) is 26.3 Å². The standard InChI is InChI=1S/C27H39N5O2/c1-5-32(24-9-7-6-8-10-24)26(33)19-22-11-13-23(14-12-22)29-27(34)28-20-25(21(2)3)31-17-15-30(4)16-18-31/h6-14,21,25H,5,15-20H2,1-4H3,(H2,28,29,34). The Hall–Kier alpha value is -2.90. The zero-order chi connectivity index (χ0) is 24.5. The first kappa shape index (κ1) is 25.7. The summed E-state index contributed by atoms with van der Waals surface area (Å²) in [5, 5.41) is 5.96. The van der Waals surface area contributed by atoms with Crippen LogP contribution in [-0.4, -0.2) is 74.1 Å². The van der Waals surface area contributed by atoms with Crippen LogP contribution in [0.3, 0.4) is 0 Å². The van der Waals surface area contributed by atoms with Gasteiger partial charge in [-0.3, -0.25) is 9.69 Å². The van der Waals surface area contributed by atoms with Crippen molar-refractivity contribution >= 4 is 23.3 Å². The van der Waals surface area contributed by atoms with Crippen molar-refractivity contribution in [2.24, 2.45) is 5.92 Å². The van der Waals surface area contributed by atoms with Crippen molar-refractivity contribution in [3.63, 3.8) is 0 Å². The molecule has 2 N–H and O–H groups in total. The Bertz CT molecular complexity index is 908. The topological polar surface area (TPSA) is 67.9 Å². The lowest BCUT2D eigenvalue weighted by molar-refractivity contribution is -0.117. The van der Waals surface area contributed by atoms with Gasteiger partial charge in [0, 0.05) is 56.7 Å². The van der Waals surface area contributed by atoms with Gasteiger partial charge in [-0.25, -0.2) is 4.79 Å². The summed E-state index contributed by atoms with van der Waals surface area (Å²) in [5.41, 5.74) is 2.53. The number of piperazine rings is 1. The number of nitrogens with zero attached hydrogens (tertiary/aromatic N) is 3. The molecule has 0 radical (unpaired) electrons. The molecule has 3 amide bonds. The Morgan fingerprint density at radius 3 is 2.21 bits per heavy atom. The highest BCUT2D eigenvalue weighted by molar-refractivity contribution is 5.95. The molecule has 34 heavy (non-hydrogen) atoms. The Labute approximate surface area is 204 Å². The number of nitrogens with one attached hydrogen (secondary N) is 2. The maximum absolute atomic E-state index is 12.8. The molecular formula is C27H39N5O2. The molecule has 2 aromatic carbocycles. The van der Waals surface area contributed by atoms with E-state index in [1.54, 1.807) is 4.90 Å². The predicted molar refractivity (Wildman–Crippen MR) is 139 cm³/mol. The van der Waals surface area contributed by atoms with E-state index in [9.17, 15) is 9.59 Å². The van der Waals surface area contributed by atoms with Crippen LogP contribution < -0.4 is 15.5 Å². The molecule has 1 aliphatic heterocycles. The third-order valence-electron chi connectivity index (χ3n) is 6.50. The number of benzene rings is 2. The monoisotopic (exact) mass is 465 g/mol. The lowest BCUT2D eigenvalue weighted by Crippen LogP contribution is -2.54. The summed E-state index contributed by atoms with van der Waals surface area (Å²) >= 11 is 0. The van der Waals surface area contributed by atoms with Gasteiger partial charge >= 0.3 is 6.03 Å². The molecule has 1 aliphatic rings. The van der Waals surface area contributed by atoms with Crippen molar-refractivity contribution in [2.75, 3.05) is 56.5 Å². The number of para-hydroxylation sites is 1. The Balaban J connectivity index is 1.49. The smallest absolute Gasteiger partial charge is 0.319 e. The highest BCUT2D eigenvalue weighted by atomic mass is 16.2. The van der Waals surface area contributed by atoms with Gasteiger partial charge in [0.15, 0.2) is 0 Å². The molecule has 1 saturated heterocycles. The van der Waals surface area contributed by atoms with Crippen LogP contribution in [-0.2, 0) is 11.2 Å². The van der Waals surface area contributed by atoms with E-state index in [0.717, 1.165) is 37.4 Å². The number of rotatable bonds is 9. The van der Waals surface area contributed by atoms with Gasteiger partial charge in [0.1, 0.15) is 0 Å². The molecule has 0 bridgehead atoms. The van der Waals surface area contributed by atoms with Gasteiger partial charge in [-0.15, -0.1) is 0 Å². The van der Waals surface area contributed by atoms with Gasteiger partial charge in [0.25, 0.3) is 0 Å². The van der Waals surface area contributed by atoms with Crippen LogP contribution in [0, 0.1) is 5.92 Å². The van der Waals surface area contributed by atoms with Crippen LogP contribution in [0.25, 0.3) is 0 Å². The number of likely N-dealkylation sites (N-methyl/N-ethyl adjacent to an activating group) is 2. The van der Waals surface area contributed by atoms with Crippen LogP contribution in [0.2, 0.25) is 0 Å². The van der Waals surface area contributed by atoms with E-state index in [1.807, 2.05) is 61.5 Å². The molecule has 1 atom stereocenters. The highest BCUT2D eigenvalue weighted by Gasteiger charge is 2.25. The number of hydrogen-bond acceptors (Lipinski definition) is 4. The second-order valence-electron chi connectivity index (χ2n) is 9.33. The minimum absolute atomic E-state index is 0.0517. The Morgan fingerprint density at radius 2 is 1.62 bits per heavy atom. The maximum atomic E-state index is 12.8. The first-order chi connectivity index (χ1) is 16.4. The van der Waals surface area contributed by atoms with Gasteiger partial charge in [-0.05, 0) is 49.7 Å². The molecule has 7 heteroatoms. The zero-order valence-electron chi connectivity index (χ0n) is 21.0. The number of hydrogen-bond donors (Lipinski definition) is 2. The molecule has 1 unspecified atom stereocenters. The molecular weight excluding hydrogens is 426 g/mol. The minimum atomic E-state index is -0.204. The van der Waals surface area contributed by atoms with E-state index in [-0.39, 0.29) is 11.9 Å². The Kier molecular flexibility index (Phi) is 9.48. The van der Waals surface area contributed by atoms with E-state index in [4.69, 9.17) is 0 Å². The van der Waals surface area contributed by atoms with Gasteiger partial charge in [0.2, 0.25) is 5.91 Å². The second kappa shape index (κ2) is 12.5. The predicted octanol–water partition coefficient (Wildman–Crippen LogP) is 3.68.